The molecule has 0 saturated heterocycles. The van der Waals surface area contributed by atoms with E-state index in [1.54, 1.807) is 18.3 Å². The van der Waals surface area contributed by atoms with E-state index in [4.69, 9.17) is 10.5 Å². The number of hydrogen-bond acceptors (Lipinski definition) is 6. The summed E-state index contributed by atoms with van der Waals surface area (Å²) in [5.41, 5.74) is 17.6. The normalized spacial score (nSPS) is 12.2. The molecule has 3 aromatic rings. The molecular formula is C43H68N4O2. The summed E-state index contributed by atoms with van der Waals surface area (Å²) in [6.07, 6.45) is 16.4. The average molecular weight is 673 g/mol. The summed E-state index contributed by atoms with van der Waals surface area (Å²) < 4.78 is 5.96. The molecule has 1 aliphatic carbocycles. The molecule has 2 aromatic carbocycles. The number of hydrogen-bond donors (Lipinski definition) is 3. The van der Waals surface area contributed by atoms with Crippen LogP contribution >= 0.6 is 0 Å². The van der Waals surface area contributed by atoms with Crippen molar-refractivity contribution in [2.45, 2.75) is 113 Å². The van der Waals surface area contributed by atoms with Gasteiger partial charge >= 0.3 is 0 Å². The van der Waals surface area contributed by atoms with E-state index in [1.165, 1.54) is 80.9 Å². The summed E-state index contributed by atoms with van der Waals surface area (Å²) in [4.78, 5) is 14.8. The summed E-state index contributed by atoms with van der Waals surface area (Å²) >= 11 is 0. The number of carbonyl (C=O) groups is 1. The second kappa shape index (κ2) is 29.3. The van der Waals surface area contributed by atoms with E-state index in [-0.39, 0.29) is 5.82 Å². The number of carbonyl (C=O) groups excluding carboxylic acids is 1. The molecule has 1 aromatic heterocycles. The van der Waals surface area contributed by atoms with Crippen LogP contribution in [0.3, 0.4) is 0 Å². The highest BCUT2D eigenvalue weighted by molar-refractivity contribution is 5.85. The molecule has 1 fully saturated rings. The van der Waals surface area contributed by atoms with E-state index < -0.39 is 0 Å². The lowest BCUT2D eigenvalue weighted by atomic mass is 10.0. The number of pyridine rings is 1. The van der Waals surface area contributed by atoms with E-state index in [0.717, 1.165) is 36.9 Å². The molecule has 5 N–H and O–H groups in total. The Morgan fingerprint density at radius 3 is 1.92 bits per heavy atom. The van der Waals surface area contributed by atoms with Crippen molar-refractivity contribution >= 4 is 17.7 Å². The fourth-order valence-corrected chi connectivity index (χ4v) is 4.90. The number of nitrogens with one attached hydrogen (secondary N) is 1. The van der Waals surface area contributed by atoms with Crippen LogP contribution in [0.1, 0.15) is 120 Å². The van der Waals surface area contributed by atoms with Crippen molar-refractivity contribution in [3.05, 3.63) is 102 Å². The number of nitrogens with zero attached hydrogens (tertiary/aromatic N) is 1. The molecule has 0 unspecified atom stereocenters. The van der Waals surface area contributed by atoms with Gasteiger partial charge in [-0.1, -0.05) is 129 Å². The third-order valence-corrected chi connectivity index (χ3v) is 7.73. The van der Waals surface area contributed by atoms with Crippen LogP contribution in [-0.4, -0.2) is 37.5 Å². The summed E-state index contributed by atoms with van der Waals surface area (Å²) in [5.74, 6) is 0.841. The van der Waals surface area contributed by atoms with E-state index in [1.807, 2.05) is 13.8 Å². The van der Waals surface area contributed by atoms with Gasteiger partial charge in [-0.25, -0.2) is 4.98 Å². The van der Waals surface area contributed by atoms with Gasteiger partial charge in [-0.3, -0.25) is 4.79 Å². The Morgan fingerprint density at radius 1 is 0.939 bits per heavy atom. The van der Waals surface area contributed by atoms with Crippen molar-refractivity contribution in [2.24, 2.45) is 11.7 Å². The van der Waals surface area contributed by atoms with Gasteiger partial charge in [-0.05, 0) is 98.5 Å². The highest BCUT2D eigenvalue weighted by Gasteiger charge is 2.15. The number of rotatable bonds is 14. The first kappa shape index (κ1) is 45.4. The predicted octanol–water partition coefficient (Wildman–Crippen LogP) is 10.5. The SMILES string of the molecule is C=C/C(=C\CC(C)C)c1cnc(N)c(C=O)c1.CC.CCCNCCC.CCc1ccc(-c2ccc(COC3CCCC3)cc2)cc1.CN. The second-order valence-corrected chi connectivity index (χ2v) is 12.0. The fourth-order valence-electron chi connectivity index (χ4n) is 4.90. The number of nitrogen functional groups attached to an aromatic ring is 1. The highest BCUT2D eigenvalue weighted by Crippen LogP contribution is 2.24. The lowest BCUT2D eigenvalue weighted by molar-refractivity contribution is 0.0457. The number of benzene rings is 2. The molecule has 272 valence electrons. The Hall–Kier alpha value is -3.58. The Kier molecular flexibility index (Phi) is 27.2. The van der Waals surface area contributed by atoms with Gasteiger partial charge in [-0.15, -0.1) is 0 Å². The first-order valence-electron chi connectivity index (χ1n) is 18.5. The van der Waals surface area contributed by atoms with Gasteiger partial charge in [0.25, 0.3) is 0 Å². The summed E-state index contributed by atoms with van der Waals surface area (Å²) in [5, 5.41) is 3.28. The van der Waals surface area contributed by atoms with Gasteiger partial charge in [0, 0.05) is 11.8 Å². The van der Waals surface area contributed by atoms with Crippen LogP contribution in [0.5, 0.6) is 0 Å². The number of nitrogens with two attached hydrogens (primary N) is 2. The van der Waals surface area contributed by atoms with Crippen LogP contribution in [0.15, 0.2) is 79.5 Å². The number of aromatic nitrogens is 1. The van der Waals surface area contributed by atoms with E-state index in [2.05, 4.69) is 112 Å². The summed E-state index contributed by atoms with van der Waals surface area (Å²) in [6.45, 7) is 21.7. The lowest BCUT2D eigenvalue weighted by Crippen LogP contribution is -2.14. The van der Waals surface area contributed by atoms with Crippen molar-refractivity contribution in [3.8, 4) is 11.1 Å². The van der Waals surface area contributed by atoms with Crippen LogP contribution in [-0.2, 0) is 17.8 Å². The number of ether oxygens (including phenoxy) is 1. The smallest absolute Gasteiger partial charge is 0.153 e. The standard InChI is InChI=1S/C20H24O.C14H18N2O.C6H15N.C2H6.CH5N/c1-2-16-7-11-18(12-8-16)19-13-9-17(10-14-19)15-21-20-5-3-4-6-20;1-4-11(6-5-10(2)3)12-7-13(9-17)14(15)16-8-12;1-3-5-7-6-4-2;2*1-2/h7-14,20H,2-6,15H2,1H3;4,6-10H,1,5H2,2-3H3,(H2,15,16);7H,3-6H2,1-2H3;1-2H3;2H2,1H3/b;11-6+;;;. The van der Waals surface area contributed by atoms with Gasteiger partial charge in [0.2, 0.25) is 0 Å². The van der Waals surface area contributed by atoms with E-state index >= 15 is 0 Å². The van der Waals surface area contributed by atoms with Crippen molar-refractivity contribution in [2.75, 3.05) is 25.9 Å². The monoisotopic (exact) mass is 673 g/mol. The molecule has 1 saturated carbocycles. The topological polar surface area (TPSA) is 103 Å². The van der Waals surface area contributed by atoms with Crippen LogP contribution < -0.4 is 16.8 Å². The predicted molar refractivity (Wildman–Crippen MR) is 215 cm³/mol. The van der Waals surface area contributed by atoms with Gasteiger partial charge < -0.3 is 21.5 Å². The Bertz CT molecular complexity index is 1270. The van der Waals surface area contributed by atoms with Gasteiger partial charge in [0.1, 0.15) is 5.82 Å². The first-order chi connectivity index (χ1) is 23.8. The Morgan fingerprint density at radius 2 is 1.47 bits per heavy atom. The quantitative estimate of drug-likeness (QED) is 0.0894. The van der Waals surface area contributed by atoms with Crippen molar-refractivity contribution in [1.29, 1.82) is 0 Å². The summed E-state index contributed by atoms with van der Waals surface area (Å²) in [6, 6.07) is 19.4. The number of anilines is 1. The lowest BCUT2D eigenvalue weighted by Gasteiger charge is -2.11. The van der Waals surface area contributed by atoms with Crippen LogP contribution in [0, 0.1) is 5.92 Å². The minimum Gasteiger partial charge on any atom is -0.383 e. The van der Waals surface area contributed by atoms with Crippen molar-refractivity contribution in [1.82, 2.24) is 10.3 Å². The van der Waals surface area contributed by atoms with E-state index in [0.29, 0.717) is 17.6 Å². The molecule has 6 heteroatoms. The zero-order valence-electron chi connectivity index (χ0n) is 32.1. The van der Waals surface area contributed by atoms with Crippen LogP contribution in [0.25, 0.3) is 16.7 Å². The summed E-state index contributed by atoms with van der Waals surface area (Å²) in [7, 11) is 1.50. The minimum absolute atomic E-state index is 0.260. The zero-order valence-corrected chi connectivity index (χ0v) is 32.1. The van der Waals surface area contributed by atoms with Gasteiger partial charge in [-0.2, -0.15) is 0 Å². The van der Waals surface area contributed by atoms with E-state index in [9.17, 15) is 4.79 Å². The highest BCUT2D eigenvalue weighted by atomic mass is 16.5. The number of aryl methyl sites for hydroxylation is 1. The maximum atomic E-state index is 10.8. The fraction of sp³-hybridized carbons (Fsp3) is 0.488. The molecule has 1 heterocycles. The van der Waals surface area contributed by atoms with Crippen molar-refractivity contribution in [3.63, 3.8) is 0 Å². The maximum absolute atomic E-state index is 10.8. The molecule has 0 radical (unpaired) electrons. The third-order valence-electron chi connectivity index (χ3n) is 7.73. The number of allylic oxidation sites excluding steroid dienone is 3. The van der Waals surface area contributed by atoms with Crippen molar-refractivity contribution < 1.29 is 9.53 Å². The van der Waals surface area contributed by atoms with Crippen LogP contribution in [0.2, 0.25) is 0 Å². The molecule has 0 bridgehead atoms. The van der Waals surface area contributed by atoms with Gasteiger partial charge in [0.15, 0.2) is 6.29 Å². The van der Waals surface area contributed by atoms with Gasteiger partial charge in [0.05, 0.1) is 18.3 Å². The molecule has 0 aliphatic heterocycles. The molecule has 1 aliphatic rings. The Labute approximate surface area is 299 Å². The molecule has 4 rings (SSSR count). The molecule has 49 heavy (non-hydrogen) atoms. The molecular weight excluding hydrogens is 604 g/mol. The molecule has 0 spiro atoms. The maximum Gasteiger partial charge on any atom is 0.153 e. The minimum atomic E-state index is 0.260. The largest absolute Gasteiger partial charge is 0.383 e. The molecule has 0 amide bonds. The molecule has 0 atom stereocenters. The first-order valence-corrected chi connectivity index (χ1v) is 18.5. The molecule has 6 nitrogen and oxygen atoms in total. The number of aldehydes is 1. The average Bonchev–Trinajstić information content (AvgIpc) is 3.68. The zero-order chi connectivity index (χ0) is 36.9. The van der Waals surface area contributed by atoms with Crippen LogP contribution in [0.4, 0.5) is 5.82 Å². The third kappa shape index (κ3) is 19.3. The Balaban J connectivity index is 0.000000738. The second-order valence-electron chi connectivity index (χ2n) is 12.0.